The fourth-order valence-electron chi connectivity index (χ4n) is 5.70. The third kappa shape index (κ3) is 4.88. The highest BCUT2D eigenvalue weighted by molar-refractivity contribution is 5.91. The molecule has 0 bridgehead atoms. The SMILES string of the molecule is O=C(NO)C1CC(OC(=O)N2CCc3ccccc32)CCC1C(=O)N1CCN(c2ccccc2)CC1. The first-order valence-corrected chi connectivity index (χ1v) is 12.6. The lowest BCUT2D eigenvalue weighted by Gasteiger charge is -2.40. The van der Waals surface area contributed by atoms with Crippen LogP contribution in [0.3, 0.4) is 0 Å². The van der Waals surface area contributed by atoms with Crippen LogP contribution in [0.5, 0.6) is 0 Å². The van der Waals surface area contributed by atoms with Crippen molar-refractivity contribution in [3.8, 4) is 0 Å². The number of nitrogens with zero attached hydrogens (tertiary/aromatic N) is 3. The van der Waals surface area contributed by atoms with Gasteiger partial charge in [-0.05, 0) is 49.4 Å². The van der Waals surface area contributed by atoms with Gasteiger partial charge in [-0.1, -0.05) is 36.4 Å². The zero-order chi connectivity index (χ0) is 25.1. The summed E-state index contributed by atoms with van der Waals surface area (Å²) in [5.41, 5.74) is 4.81. The van der Waals surface area contributed by atoms with E-state index in [9.17, 15) is 19.6 Å². The lowest BCUT2D eigenvalue weighted by atomic mass is 9.76. The van der Waals surface area contributed by atoms with Crippen LogP contribution in [0.25, 0.3) is 0 Å². The number of amides is 3. The molecule has 2 fully saturated rings. The summed E-state index contributed by atoms with van der Waals surface area (Å²) in [6.07, 6.45) is 0.968. The predicted octanol–water partition coefficient (Wildman–Crippen LogP) is 2.82. The Bertz CT molecular complexity index is 1100. The van der Waals surface area contributed by atoms with Gasteiger partial charge in [0.1, 0.15) is 6.10 Å². The molecule has 3 atom stereocenters. The van der Waals surface area contributed by atoms with Gasteiger partial charge in [-0.2, -0.15) is 0 Å². The van der Waals surface area contributed by atoms with Crippen LogP contribution in [0.15, 0.2) is 54.6 Å². The second kappa shape index (κ2) is 10.6. The molecule has 0 spiro atoms. The van der Waals surface area contributed by atoms with Gasteiger partial charge in [-0.15, -0.1) is 0 Å². The highest BCUT2D eigenvalue weighted by atomic mass is 16.6. The third-order valence-electron chi connectivity index (χ3n) is 7.65. The second-order valence-corrected chi connectivity index (χ2v) is 9.69. The van der Waals surface area contributed by atoms with Crippen LogP contribution < -0.4 is 15.3 Å². The Hall–Kier alpha value is -3.59. The van der Waals surface area contributed by atoms with Crippen LogP contribution in [0.1, 0.15) is 24.8 Å². The molecule has 2 aliphatic heterocycles. The van der Waals surface area contributed by atoms with Crippen LogP contribution in [0.4, 0.5) is 16.2 Å². The monoisotopic (exact) mass is 492 g/mol. The summed E-state index contributed by atoms with van der Waals surface area (Å²) in [6.45, 7) is 3.14. The van der Waals surface area contributed by atoms with Crippen LogP contribution >= 0.6 is 0 Å². The van der Waals surface area contributed by atoms with Crippen molar-refractivity contribution in [2.45, 2.75) is 31.8 Å². The maximum Gasteiger partial charge on any atom is 0.414 e. The Morgan fingerprint density at radius 2 is 1.58 bits per heavy atom. The van der Waals surface area contributed by atoms with Crippen LogP contribution in [-0.2, 0) is 20.7 Å². The number of anilines is 2. The Morgan fingerprint density at radius 3 is 2.33 bits per heavy atom. The number of carbonyl (C=O) groups excluding carboxylic acids is 3. The van der Waals surface area contributed by atoms with Gasteiger partial charge >= 0.3 is 6.09 Å². The summed E-state index contributed by atoms with van der Waals surface area (Å²) >= 11 is 0. The number of nitrogens with one attached hydrogen (secondary N) is 1. The van der Waals surface area contributed by atoms with Gasteiger partial charge in [0, 0.05) is 38.4 Å². The summed E-state index contributed by atoms with van der Waals surface area (Å²) in [7, 11) is 0. The molecule has 3 aliphatic rings. The summed E-state index contributed by atoms with van der Waals surface area (Å²) < 4.78 is 5.79. The summed E-state index contributed by atoms with van der Waals surface area (Å²) in [6, 6.07) is 17.8. The summed E-state index contributed by atoms with van der Waals surface area (Å²) in [4.78, 5) is 44.6. The molecule has 9 nitrogen and oxygen atoms in total. The largest absolute Gasteiger partial charge is 0.446 e. The number of carbonyl (C=O) groups is 3. The number of hydrogen-bond acceptors (Lipinski definition) is 6. The molecule has 1 saturated heterocycles. The first kappa shape index (κ1) is 24.1. The van der Waals surface area contributed by atoms with Gasteiger partial charge in [0.05, 0.1) is 17.5 Å². The fourth-order valence-corrected chi connectivity index (χ4v) is 5.70. The maximum absolute atomic E-state index is 13.4. The molecule has 2 N–H and O–H groups in total. The number of ether oxygens (including phenoxy) is 1. The molecule has 1 saturated carbocycles. The molecule has 190 valence electrons. The van der Waals surface area contributed by atoms with E-state index in [1.165, 1.54) is 0 Å². The molecule has 1 aliphatic carbocycles. The van der Waals surface area contributed by atoms with E-state index in [-0.39, 0.29) is 12.3 Å². The summed E-state index contributed by atoms with van der Waals surface area (Å²) in [5.74, 6) is -1.99. The molecule has 3 unspecified atom stereocenters. The summed E-state index contributed by atoms with van der Waals surface area (Å²) in [5, 5.41) is 9.36. The number of rotatable bonds is 4. The van der Waals surface area contributed by atoms with Gasteiger partial charge in [0.2, 0.25) is 11.8 Å². The van der Waals surface area contributed by atoms with E-state index in [0.29, 0.717) is 32.5 Å². The minimum atomic E-state index is -0.757. The average Bonchev–Trinajstić information content (AvgIpc) is 3.37. The highest BCUT2D eigenvalue weighted by Gasteiger charge is 2.43. The Kier molecular flexibility index (Phi) is 7.09. The predicted molar refractivity (Wildman–Crippen MR) is 134 cm³/mol. The van der Waals surface area contributed by atoms with Gasteiger partial charge in [0.15, 0.2) is 0 Å². The van der Waals surface area contributed by atoms with E-state index in [1.807, 2.05) is 47.4 Å². The molecule has 36 heavy (non-hydrogen) atoms. The first-order valence-electron chi connectivity index (χ1n) is 12.6. The number of hydroxylamine groups is 1. The van der Waals surface area contributed by atoms with Crippen LogP contribution in [0.2, 0.25) is 0 Å². The molecule has 0 radical (unpaired) electrons. The van der Waals surface area contributed by atoms with Crippen molar-refractivity contribution >= 4 is 29.3 Å². The van der Waals surface area contributed by atoms with Crippen LogP contribution in [0, 0.1) is 11.8 Å². The number of hydrogen-bond donors (Lipinski definition) is 2. The van der Waals surface area contributed by atoms with Crippen molar-refractivity contribution in [1.82, 2.24) is 10.4 Å². The van der Waals surface area contributed by atoms with Gasteiger partial charge in [0.25, 0.3) is 0 Å². The van der Waals surface area contributed by atoms with Crippen molar-refractivity contribution in [3.63, 3.8) is 0 Å². The van der Waals surface area contributed by atoms with Gasteiger partial charge < -0.3 is 14.5 Å². The lowest BCUT2D eigenvalue weighted by molar-refractivity contribution is -0.149. The number of piperazine rings is 1. The molecule has 2 heterocycles. The zero-order valence-electron chi connectivity index (χ0n) is 20.2. The average molecular weight is 493 g/mol. The van der Waals surface area contributed by atoms with Crippen LogP contribution in [-0.4, -0.2) is 66.8 Å². The zero-order valence-corrected chi connectivity index (χ0v) is 20.2. The maximum atomic E-state index is 13.4. The standard InChI is InChI=1S/C27H32N4O5/c32-25(28-35)23-18-21(36-27(34)31-13-12-19-6-4-5-9-24(19)31)10-11-22(23)26(33)30-16-14-29(15-17-30)20-7-2-1-3-8-20/h1-9,21-23,35H,10-18H2,(H,28,32). The molecule has 9 heteroatoms. The smallest absolute Gasteiger partial charge is 0.414 e. The van der Waals surface area contributed by atoms with Crippen molar-refractivity contribution in [2.75, 3.05) is 42.5 Å². The normalized spacial score (nSPS) is 23.7. The number of fused-ring (bicyclic) bond motifs is 1. The second-order valence-electron chi connectivity index (χ2n) is 9.69. The minimum absolute atomic E-state index is 0.0745. The van der Waals surface area contributed by atoms with Gasteiger partial charge in [-0.3, -0.25) is 19.7 Å². The lowest BCUT2D eigenvalue weighted by Crippen LogP contribution is -2.53. The molecule has 2 aromatic carbocycles. The molecular weight excluding hydrogens is 460 g/mol. The topological polar surface area (TPSA) is 102 Å². The van der Waals surface area contributed by atoms with E-state index >= 15 is 0 Å². The Morgan fingerprint density at radius 1 is 0.861 bits per heavy atom. The van der Waals surface area contributed by atoms with Crippen molar-refractivity contribution in [1.29, 1.82) is 0 Å². The van der Waals surface area contributed by atoms with E-state index in [4.69, 9.17) is 4.74 Å². The van der Waals surface area contributed by atoms with E-state index in [1.54, 1.807) is 10.4 Å². The quantitative estimate of drug-likeness (QED) is 0.503. The van der Waals surface area contributed by atoms with E-state index in [2.05, 4.69) is 17.0 Å². The molecule has 3 amide bonds. The van der Waals surface area contributed by atoms with Crippen molar-refractivity contribution in [3.05, 3.63) is 60.2 Å². The van der Waals surface area contributed by atoms with E-state index in [0.717, 1.165) is 36.4 Å². The number of benzene rings is 2. The van der Waals surface area contributed by atoms with E-state index < -0.39 is 29.9 Å². The first-order chi connectivity index (χ1) is 17.5. The van der Waals surface area contributed by atoms with Crippen molar-refractivity contribution < 1.29 is 24.3 Å². The molecule has 0 aromatic heterocycles. The Balaban J connectivity index is 1.20. The third-order valence-corrected chi connectivity index (χ3v) is 7.65. The molecule has 2 aromatic rings. The fraction of sp³-hybridized carbons (Fsp3) is 0.444. The van der Waals surface area contributed by atoms with Crippen molar-refractivity contribution in [2.24, 2.45) is 11.8 Å². The van der Waals surface area contributed by atoms with Gasteiger partial charge in [-0.25, -0.2) is 10.3 Å². The molecular formula is C27H32N4O5. The number of para-hydroxylation sites is 2. The Labute approximate surface area is 210 Å². The minimum Gasteiger partial charge on any atom is -0.446 e. The highest BCUT2D eigenvalue weighted by Crippen LogP contribution is 2.35. The molecule has 5 rings (SSSR count).